The van der Waals surface area contributed by atoms with Crippen molar-refractivity contribution in [3.8, 4) is 0 Å². The zero-order valence-electron chi connectivity index (χ0n) is 17.1. The SMILES string of the molecule is CC(C)C(C)NC(=O)CSC1=NC(=Cc2ccccc2)C(=O)N1c1ccc(F)cc1. The number of rotatable bonds is 6. The predicted molar refractivity (Wildman–Crippen MR) is 121 cm³/mol. The Hall–Kier alpha value is -2.93. The van der Waals surface area contributed by atoms with E-state index in [0.717, 1.165) is 5.56 Å². The molecule has 0 radical (unpaired) electrons. The van der Waals surface area contributed by atoms with Gasteiger partial charge < -0.3 is 5.32 Å². The van der Waals surface area contributed by atoms with E-state index in [-0.39, 0.29) is 29.3 Å². The molecule has 2 amide bonds. The summed E-state index contributed by atoms with van der Waals surface area (Å²) < 4.78 is 13.4. The fourth-order valence-electron chi connectivity index (χ4n) is 2.71. The summed E-state index contributed by atoms with van der Waals surface area (Å²) in [6.45, 7) is 6.03. The fourth-order valence-corrected chi connectivity index (χ4v) is 3.53. The second-order valence-electron chi connectivity index (χ2n) is 7.34. The summed E-state index contributed by atoms with van der Waals surface area (Å²) in [7, 11) is 0. The van der Waals surface area contributed by atoms with Crippen LogP contribution in [0, 0.1) is 11.7 Å². The number of amides is 2. The van der Waals surface area contributed by atoms with E-state index in [2.05, 4.69) is 10.3 Å². The normalized spacial score (nSPS) is 16.2. The van der Waals surface area contributed by atoms with Gasteiger partial charge in [-0.1, -0.05) is 55.9 Å². The minimum Gasteiger partial charge on any atom is -0.353 e. The van der Waals surface area contributed by atoms with E-state index in [9.17, 15) is 14.0 Å². The number of nitrogens with one attached hydrogen (secondary N) is 1. The Bertz CT molecular complexity index is 972. The van der Waals surface area contributed by atoms with Gasteiger partial charge in [-0.25, -0.2) is 9.38 Å². The highest BCUT2D eigenvalue weighted by atomic mass is 32.2. The van der Waals surface area contributed by atoms with Gasteiger partial charge >= 0.3 is 0 Å². The van der Waals surface area contributed by atoms with E-state index in [1.165, 1.54) is 40.9 Å². The minimum absolute atomic E-state index is 0.0481. The van der Waals surface area contributed by atoms with Gasteiger partial charge in [0.25, 0.3) is 5.91 Å². The van der Waals surface area contributed by atoms with Crippen LogP contribution in [0.1, 0.15) is 26.3 Å². The number of nitrogens with zero attached hydrogens (tertiary/aromatic N) is 2. The summed E-state index contributed by atoms with van der Waals surface area (Å²) in [4.78, 5) is 31.2. The molecular weight excluding hydrogens is 401 g/mol. The van der Waals surface area contributed by atoms with Crippen LogP contribution in [-0.2, 0) is 9.59 Å². The Morgan fingerprint density at radius 3 is 2.43 bits per heavy atom. The Labute approximate surface area is 180 Å². The second kappa shape index (κ2) is 9.71. The maximum Gasteiger partial charge on any atom is 0.283 e. The van der Waals surface area contributed by atoms with Crippen molar-refractivity contribution in [1.29, 1.82) is 0 Å². The summed E-state index contributed by atoms with van der Waals surface area (Å²) in [6, 6.07) is 15.1. The lowest BCUT2D eigenvalue weighted by Gasteiger charge is -2.19. The third-order valence-electron chi connectivity index (χ3n) is 4.74. The van der Waals surface area contributed by atoms with Crippen LogP contribution >= 0.6 is 11.8 Å². The highest BCUT2D eigenvalue weighted by Gasteiger charge is 2.32. The van der Waals surface area contributed by atoms with Crippen LogP contribution in [0.5, 0.6) is 0 Å². The van der Waals surface area contributed by atoms with E-state index >= 15 is 0 Å². The van der Waals surface area contributed by atoms with Crippen LogP contribution < -0.4 is 10.2 Å². The molecule has 0 fully saturated rings. The molecule has 0 saturated heterocycles. The van der Waals surface area contributed by atoms with Crippen molar-refractivity contribution in [2.45, 2.75) is 26.8 Å². The Morgan fingerprint density at radius 2 is 1.80 bits per heavy atom. The van der Waals surface area contributed by atoms with Crippen LogP contribution in [0.3, 0.4) is 0 Å². The Balaban J connectivity index is 1.84. The lowest BCUT2D eigenvalue weighted by atomic mass is 10.1. The fraction of sp³-hybridized carbons (Fsp3) is 0.261. The molecule has 7 heteroatoms. The van der Waals surface area contributed by atoms with Gasteiger partial charge in [-0.2, -0.15) is 0 Å². The number of carbonyl (C=O) groups is 2. The number of amidine groups is 1. The Morgan fingerprint density at radius 1 is 1.13 bits per heavy atom. The smallest absolute Gasteiger partial charge is 0.283 e. The van der Waals surface area contributed by atoms with Crippen molar-refractivity contribution in [1.82, 2.24) is 5.32 Å². The average molecular weight is 426 g/mol. The maximum absolute atomic E-state index is 13.4. The van der Waals surface area contributed by atoms with Crippen LogP contribution in [0.2, 0.25) is 0 Å². The third kappa shape index (κ3) is 5.36. The molecule has 1 N–H and O–H groups in total. The second-order valence-corrected chi connectivity index (χ2v) is 8.28. The van der Waals surface area contributed by atoms with E-state index in [1.54, 1.807) is 6.08 Å². The summed E-state index contributed by atoms with van der Waals surface area (Å²) in [6.07, 6.45) is 1.70. The van der Waals surface area contributed by atoms with Gasteiger partial charge in [-0.05, 0) is 48.7 Å². The molecule has 156 valence electrons. The molecule has 2 aromatic carbocycles. The summed E-state index contributed by atoms with van der Waals surface area (Å²) in [5.74, 6) is -0.390. The molecule has 1 aliphatic rings. The van der Waals surface area contributed by atoms with E-state index in [0.29, 0.717) is 16.8 Å². The van der Waals surface area contributed by atoms with Gasteiger partial charge in [-0.15, -0.1) is 0 Å². The zero-order valence-corrected chi connectivity index (χ0v) is 17.9. The average Bonchev–Trinajstić information content (AvgIpc) is 3.03. The topological polar surface area (TPSA) is 61.8 Å². The number of aliphatic imine (C=N–C) groups is 1. The molecule has 1 heterocycles. The standard InChI is InChI=1S/C23H24FN3O2S/c1-15(2)16(3)25-21(28)14-30-23-26-20(13-17-7-5-4-6-8-17)22(29)27(23)19-11-9-18(24)10-12-19/h4-13,15-16H,14H2,1-3H3,(H,25,28). The maximum atomic E-state index is 13.4. The van der Waals surface area contributed by atoms with Gasteiger partial charge in [0.05, 0.1) is 11.4 Å². The molecule has 0 bridgehead atoms. The van der Waals surface area contributed by atoms with E-state index < -0.39 is 5.82 Å². The molecule has 0 spiro atoms. The third-order valence-corrected chi connectivity index (χ3v) is 5.68. The number of benzene rings is 2. The minimum atomic E-state index is -0.390. The van der Waals surface area contributed by atoms with Gasteiger partial charge in [0.15, 0.2) is 5.17 Å². The first-order valence-corrected chi connectivity index (χ1v) is 10.7. The van der Waals surface area contributed by atoms with Gasteiger partial charge in [0.1, 0.15) is 11.5 Å². The summed E-state index contributed by atoms with van der Waals surface area (Å²) >= 11 is 1.18. The first kappa shape index (κ1) is 21.8. The first-order valence-electron chi connectivity index (χ1n) is 9.73. The largest absolute Gasteiger partial charge is 0.353 e. The van der Waals surface area contributed by atoms with Crippen molar-refractivity contribution in [2.75, 3.05) is 10.7 Å². The Kier molecular flexibility index (Phi) is 7.05. The molecule has 0 saturated carbocycles. The molecule has 1 atom stereocenters. The molecular formula is C23H24FN3O2S. The van der Waals surface area contributed by atoms with Crippen molar-refractivity contribution < 1.29 is 14.0 Å². The van der Waals surface area contributed by atoms with E-state index in [4.69, 9.17) is 0 Å². The van der Waals surface area contributed by atoms with Crippen LogP contribution in [0.15, 0.2) is 65.3 Å². The number of thioether (sulfide) groups is 1. The molecule has 0 aliphatic carbocycles. The van der Waals surface area contributed by atoms with Crippen molar-refractivity contribution in [3.63, 3.8) is 0 Å². The van der Waals surface area contributed by atoms with Gasteiger partial charge in [-0.3, -0.25) is 14.5 Å². The summed E-state index contributed by atoms with van der Waals surface area (Å²) in [5.41, 5.74) is 1.61. The van der Waals surface area contributed by atoms with Crippen molar-refractivity contribution in [3.05, 3.63) is 71.7 Å². The molecule has 3 rings (SSSR count). The van der Waals surface area contributed by atoms with Crippen LogP contribution in [0.25, 0.3) is 6.08 Å². The molecule has 0 aromatic heterocycles. The number of halogens is 1. The molecule has 1 aliphatic heterocycles. The lowest BCUT2D eigenvalue weighted by Crippen LogP contribution is -2.38. The monoisotopic (exact) mass is 425 g/mol. The van der Waals surface area contributed by atoms with Crippen LogP contribution in [0.4, 0.5) is 10.1 Å². The highest BCUT2D eigenvalue weighted by molar-refractivity contribution is 8.14. The van der Waals surface area contributed by atoms with E-state index in [1.807, 2.05) is 51.1 Å². The number of hydrogen-bond acceptors (Lipinski definition) is 4. The van der Waals surface area contributed by atoms with Gasteiger partial charge in [0, 0.05) is 6.04 Å². The van der Waals surface area contributed by atoms with Crippen LogP contribution in [-0.4, -0.2) is 28.8 Å². The lowest BCUT2D eigenvalue weighted by molar-refractivity contribution is -0.119. The highest BCUT2D eigenvalue weighted by Crippen LogP contribution is 2.29. The van der Waals surface area contributed by atoms with Crippen molar-refractivity contribution >= 4 is 40.5 Å². The predicted octanol–water partition coefficient (Wildman–Crippen LogP) is 4.46. The molecule has 1 unspecified atom stereocenters. The first-order chi connectivity index (χ1) is 14.3. The van der Waals surface area contributed by atoms with Gasteiger partial charge in [0.2, 0.25) is 5.91 Å². The quantitative estimate of drug-likeness (QED) is 0.695. The molecule has 5 nitrogen and oxygen atoms in total. The summed E-state index contributed by atoms with van der Waals surface area (Å²) in [5, 5.41) is 3.34. The number of carbonyl (C=O) groups excluding carboxylic acids is 2. The zero-order chi connectivity index (χ0) is 21.7. The number of hydrogen-bond donors (Lipinski definition) is 1. The molecule has 30 heavy (non-hydrogen) atoms. The van der Waals surface area contributed by atoms with Crippen molar-refractivity contribution in [2.24, 2.45) is 10.9 Å². The number of anilines is 1. The molecule has 2 aromatic rings.